The Labute approximate surface area is 134 Å². The number of rotatable bonds is 3. The van der Waals surface area contributed by atoms with Crippen LogP contribution in [0.1, 0.15) is 5.56 Å². The van der Waals surface area contributed by atoms with Gasteiger partial charge >= 0.3 is 0 Å². The highest BCUT2D eigenvalue weighted by molar-refractivity contribution is 7.80. The number of halogens is 1. The first-order valence-corrected chi connectivity index (χ1v) is 7.39. The molecular weight excluding hydrogens is 304 g/mol. The summed E-state index contributed by atoms with van der Waals surface area (Å²) in [7, 11) is 0. The van der Waals surface area contributed by atoms with E-state index in [4.69, 9.17) is 23.8 Å². The highest BCUT2D eigenvalue weighted by atomic mass is 35.5. The Morgan fingerprint density at radius 3 is 2.86 bits per heavy atom. The Kier molecular flexibility index (Phi) is 4.24. The second-order valence-electron chi connectivity index (χ2n) is 4.77. The number of para-hydroxylation sites is 1. The lowest BCUT2D eigenvalue weighted by Gasteiger charge is -2.18. The quantitative estimate of drug-likeness (QED) is 0.756. The maximum Gasteiger partial charge on any atom is 0.171 e. The van der Waals surface area contributed by atoms with Gasteiger partial charge in [-0.1, -0.05) is 29.8 Å². The number of fused-ring (bicyclic) bond motifs is 1. The van der Waals surface area contributed by atoms with Gasteiger partial charge in [-0.05, 0) is 48.1 Å². The molecule has 0 radical (unpaired) electrons. The van der Waals surface area contributed by atoms with Crippen LogP contribution in [0, 0.1) is 0 Å². The number of hydrazine groups is 1. The molecule has 0 saturated carbocycles. The van der Waals surface area contributed by atoms with Crippen LogP contribution in [0.2, 0.25) is 5.02 Å². The minimum atomic E-state index is 0.594. The molecule has 6 heteroatoms. The zero-order valence-electron chi connectivity index (χ0n) is 11.3. The largest absolute Gasteiger partial charge is 0.348 e. The molecule has 0 amide bonds. The number of benzene rings is 2. The molecule has 0 saturated heterocycles. The van der Waals surface area contributed by atoms with Gasteiger partial charge in [-0.3, -0.25) is 0 Å². The third-order valence-electron chi connectivity index (χ3n) is 3.17. The zero-order valence-corrected chi connectivity index (χ0v) is 12.8. The fourth-order valence-corrected chi connectivity index (χ4v) is 2.55. The van der Waals surface area contributed by atoms with Gasteiger partial charge in [0.15, 0.2) is 5.11 Å². The molecule has 1 aliphatic heterocycles. The SMILES string of the molecule is S=C(NCN1Cc2cc(Cl)ccc2N1)Nc1ccccc1. The number of thiocarbonyl (C=S) groups is 1. The smallest absolute Gasteiger partial charge is 0.171 e. The minimum absolute atomic E-state index is 0.594. The fourth-order valence-electron chi connectivity index (χ4n) is 2.18. The topological polar surface area (TPSA) is 39.3 Å². The van der Waals surface area contributed by atoms with E-state index in [-0.39, 0.29) is 0 Å². The van der Waals surface area contributed by atoms with Gasteiger partial charge in [-0.2, -0.15) is 5.01 Å². The monoisotopic (exact) mass is 318 g/mol. The molecule has 0 aliphatic carbocycles. The number of anilines is 2. The van der Waals surface area contributed by atoms with E-state index >= 15 is 0 Å². The predicted octanol–water partition coefficient (Wildman–Crippen LogP) is 3.43. The highest BCUT2D eigenvalue weighted by Crippen LogP contribution is 2.27. The molecule has 3 N–H and O–H groups in total. The molecule has 1 heterocycles. The molecule has 0 aromatic heterocycles. The summed E-state index contributed by atoms with van der Waals surface area (Å²) < 4.78 is 0. The first-order valence-electron chi connectivity index (χ1n) is 6.60. The number of nitrogens with one attached hydrogen (secondary N) is 3. The first-order chi connectivity index (χ1) is 10.2. The van der Waals surface area contributed by atoms with Gasteiger partial charge in [-0.25, -0.2) is 0 Å². The lowest BCUT2D eigenvalue weighted by Crippen LogP contribution is -2.39. The molecule has 21 heavy (non-hydrogen) atoms. The van der Waals surface area contributed by atoms with Crippen molar-refractivity contribution in [1.29, 1.82) is 0 Å². The first kappa shape index (κ1) is 14.1. The number of nitrogens with zero attached hydrogens (tertiary/aromatic N) is 1. The van der Waals surface area contributed by atoms with Crippen LogP contribution >= 0.6 is 23.8 Å². The molecule has 2 aromatic rings. The van der Waals surface area contributed by atoms with E-state index in [0.717, 1.165) is 22.9 Å². The zero-order chi connectivity index (χ0) is 14.7. The molecule has 3 rings (SSSR count). The van der Waals surface area contributed by atoms with Crippen molar-refractivity contribution >= 4 is 40.3 Å². The van der Waals surface area contributed by atoms with Crippen molar-refractivity contribution in [3.63, 3.8) is 0 Å². The second-order valence-corrected chi connectivity index (χ2v) is 5.61. The fraction of sp³-hybridized carbons (Fsp3) is 0.133. The van der Waals surface area contributed by atoms with Gasteiger partial charge in [0, 0.05) is 17.3 Å². The van der Waals surface area contributed by atoms with Gasteiger partial charge in [0.05, 0.1) is 12.4 Å². The molecule has 0 unspecified atom stereocenters. The molecule has 2 aromatic carbocycles. The molecule has 0 bridgehead atoms. The third-order valence-corrected chi connectivity index (χ3v) is 3.65. The normalized spacial score (nSPS) is 13.4. The van der Waals surface area contributed by atoms with E-state index in [1.807, 2.05) is 53.5 Å². The summed E-state index contributed by atoms with van der Waals surface area (Å²) in [6, 6.07) is 15.7. The molecular formula is C15H15ClN4S. The van der Waals surface area contributed by atoms with Crippen molar-refractivity contribution in [1.82, 2.24) is 10.3 Å². The summed E-state index contributed by atoms with van der Waals surface area (Å²) in [4.78, 5) is 0. The lowest BCUT2D eigenvalue weighted by molar-refractivity contribution is 0.337. The molecule has 0 atom stereocenters. The Balaban J connectivity index is 1.50. The van der Waals surface area contributed by atoms with Gasteiger partial charge in [0.2, 0.25) is 0 Å². The van der Waals surface area contributed by atoms with Crippen molar-refractivity contribution in [3.05, 3.63) is 59.1 Å². The number of hydrogen-bond donors (Lipinski definition) is 3. The van der Waals surface area contributed by atoms with Crippen LogP contribution in [0.5, 0.6) is 0 Å². The number of hydrogen-bond acceptors (Lipinski definition) is 3. The Morgan fingerprint density at radius 2 is 2.05 bits per heavy atom. The van der Waals surface area contributed by atoms with Crippen molar-refractivity contribution in [2.45, 2.75) is 6.54 Å². The van der Waals surface area contributed by atoms with E-state index in [0.29, 0.717) is 11.8 Å². The second kappa shape index (κ2) is 6.30. The summed E-state index contributed by atoms with van der Waals surface area (Å²) in [5.41, 5.74) is 6.55. The van der Waals surface area contributed by atoms with Crippen molar-refractivity contribution in [3.8, 4) is 0 Å². The van der Waals surface area contributed by atoms with Crippen LogP contribution in [-0.2, 0) is 6.54 Å². The van der Waals surface area contributed by atoms with E-state index < -0.39 is 0 Å². The van der Waals surface area contributed by atoms with E-state index in [1.54, 1.807) is 0 Å². The Hall–Kier alpha value is -1.82. The standard InChI is InChI=1S/C15H15ClN4S/c16-12-6-7-14-11(8-12)9-20(19-14)10-17-15(21)18-13-4-2-1-3-5-13/h1-8,19H,9-10H2,(H2,17,18,21). The molecule has 4 nitrogen and oxygen atoms in total. The molecule has 108 valence electrons. The van der Waals surface area contributed by atoms with Gasteiger partial charge in [-0.15, -0.1) is 0 Å². The maximum absolute atomic E-state index is 6.00. The van der Waals surface area contributed by atoms with Gasteiger partial charge < -0.3 is 16.1 Å². The van der Waals surface area contributed by atoms with E-state index in [1.165, 1.54) is 5.56 Å². The average molecular weight is 319 g/mol. The summed E-state index contributed by atoms with van der Waals surface area (Å²) >= 11 is 11.3. The average Bonchev–Trinajstić information content (AvgIpc) is 2.88. The summed E-state index contributed by atoms with van der Waals surface area (Å²) in [6.07, 6.45) is 0. The van der Waals surface area contributed by atoms with Crippen molar-refractivity contribution < 1.29 is 0 Å². The van der Waals surface area contributed by atoms with Crippen molar-refractivity contribution in [2.24, 2.45) is 0 Å². The van der Waals surface area contributed by atoms with Crippen LogP contribution < -0.4 is 16.1 Å². The predicted molar refractivity (Wildman–Crippen MR) is 91.3 cm³/mol. The highest BCUT2D eigenvalue weighted by Gasteiger charge is 2.18. The summed E-state index contributed by atoms with van der Waals surface area (Å²) in [6.45, 7) is 1.39. The Morgan fingerprint density at radius 1 is 1.24 bits per heavy atom. The lowest BCUT2D eigenvalue weighted by atomic mass is 10.2. The molecule has 1 aliphatic rings. The molecule has 0 fully saturated rings. The Bertz CT molecular complexity index is 647. The van der Waals surface area contributed by atoms with Gasteiger partial charge in [0.25, 0.3) is 0 Å². The summed E-state index contributed by atoms with van der Waals surface area (Å²) in [5.74, 6) is 0. The van der Waals surface area contributed by atoms with Crippen LogP contribution in [0.15, 0.2) is 48.5 Å². The van der Waals surface area contributed by atoms with Crippen LogP contribution in [-0.4, -0.2) is 16.8 Å². The van der Waals surface area contributed by atoms with Crippen LogP contribution in [0.25, 0.3) is 0 Å². The van der Waals surface area contributed by atoms with E-state index in [2.05, 4.69) is 16.1 Å². The van der Waals surface area contributed by atoms with Crippen LogP contribution in [0.3, 0.4) is 0 Å². The summed E-state index contributed by atoms with van der Waals surface area (Å²) in [5, 5.41) is 9.71. The maximum atomic E-state index is 6.00. The molecule has 0 spiro atoms. The third kappa shape index (κ3) is 3.64. The van der Waals surface area contributed by atoms with E-state index in [9.17, 15) is 0 Å². The minimum Gasteiger partial charge on any atom is -0.348 e. The van der Waals surface area contributed by atoms with Crippen molar-refractivity contribution in [2.75, 3.05) is 17.4 Å². The van der Waals surface area contributed by atoms with Crippen LogP contribution in [0.4, 0.5) is 11.4 Å². The van der Waals surface area contributed by atoms with Gasteiger partial charge in [0.1, 0.15) is 0 Å².